The van der Waals surface area contributed by atoms with Gasteiger partial charge in [-0.25, -0.2) is 9.59 Å². The van der Waals surface area contributed by atoms with Crippen molar-refractivity contribution in [3.63, 3.8) is 0 Å². The summed E-state index contributed by atoms with van der Waals surface area (Å²) >= 11 is 5.82. The molecule has 10 nitrogen and oxygen atoms in total. The minimum atomic E-state index is -0.905. The molecule has 0 radical (unpaired) electrons. The molecule has 0 spiro atoms. The molecule has 41 heavy (non-hydrogen) atoms. The van der Waals surface area contributed by atoms with Crippen molar-refractivity contribution in [1.82, 2.24) is 10.6 Å². The second kappa shape index (κ2) is 18.4. The maximum atomic E-state index is 12.6. The number of nitrogens with two attached hydrogens (primary N) is 1. The lowest BCUT2D eigenvalue weighted by Gasteiger charge is -2.25. The van der Waals surface area contributed by atoms with Crippen molar-refractivity contribution in [2.24, 2.45) is 17.6 Å². The minimum absolute atomic E-state index is 0.0397. The predicted octanol–water partition coefficient (Wildman–Crippen LogP) is 4.13. The predicted molar refractivity (Wildman–Crippen MR) is 157 cm³/mol. The van der Waals surface area contributed by atoms with Gasteiger partial charge in [0.15, 0.2) is 5.76 Å². The largest absolute Gasteiger partial charge is 0.490 e. The van der Waals surface area contributed by atoms with Gasteiger partial charge in [-0.1, -0.05) is 68.2 Å². The summed E-state index contributed by atoms with van der Waals surface area (Å²) in [6.07, 6.45) is 11.2. The second-order valence-electron chi connectivity index (χ2n) is 9.75. The van der Waals surface area contributed by atoms with E-state index in [2.05, 4.69) is 22.5 Å². The Bertz CT molecular complexity index is 1150. The van der Waals surface area contributed by atoms with Crippen molar-refractivity contribution in [1.29, 1.82) is 0 Å². The van der Waals surface area contributed by atoms with E-state index in [1.807, 2.05) is 19.9 Å². The van der Waals surface area contributed by atoms with Crippen LogP contribution < -0.4 is 16.4 Å². The maximum absolute atomic E-state index is 12.6. The number of rotatable bonds is 13. The molecule has 224 valence electrons. The average molecular weight is 590 g/mol. The highest BCUT2D eigenvalue weighted by atomic mass is 35.5. The van der Waals surface area contributed by atoms with Crippen LogP contribution in [0.1, 0.15) is 53.9 Å². The van der Waals surface area contributed by atoms with Crippen LogP contribution in [-0.2, 0) is 28.6 Å². The Hall–Kier alpha value is -3.97. The standard InChI is InChI=1S/C30H40ClN3O7/c1-19(2)27(28(36)33-17-9-11-23(40-30(32)38)14-13-22(5)31)34-26(35)12-8-7-10-20(3)18-21(4)24-15-16-25(39-6)29(37)41-24/h7,9-10,13,16-19,21,23-24,27H,11,14-15H2,1-6H3,(H2,32,38)(H,33,36)(H,34,35). The number of allylic oxidation sites excluding steroid dienone is 4. The molecule has 1 aliphatic rings. The number of primary amides is 1. The summed E-state index contributed by atoms with van der Waals surface area (Å²) in [5.74, 6) is 3.59. The van der Waals surface area contributed by atoms with Gasteiger partial charge in [-0.2, -0.15) is 0 Å². The van der Waals surface area contributed by atoms with Crippen LogP contribution in [0.4, 0.5) is 4.79 Å². The van der Waals surface area contributed by atoms with Crippen molar-refractivity contribution in [3.8, 4) is 11.8 Å². The van der Waals surface area contributed by atoms with Gasteiger partial charge in [-0.15, -0.1) is 0 Å². The Labute approximate surface area is 247 Å². The molecule has 3 amide bonds. The molecule has 0 aromatic carbocycles. The minimum Gasteiger partial charge on any atom is -0.490 e. The number of esters is 1. The van der Waals surface area contributed by atoms with E-state index in [1.54, 1.807) is 45.1 Å². The van der Waals surface area contributed by atoms with Crippen LogP contribution in [-0.4, -0.2) is 49.2 Å². The molecular weight excluding hydrogens is 550 g/mol. The van der Waals surface area contributed by atoms with Crippen LogP contribution in [0.2, 0.25) is 0 Å². The first-order chi connectivity index (χ1) is 19.3. The lowest BCUT2D eigenvalue weighted by Crippen LogP contribution is -2.48. The number of amides is 3. The molecule has 1 rings (SSSR count). The molecule has 0 aliphatic carbocycles. The highest BCUT2D eigenvalue weighted by Crippen LogP contribution is 2.22. The van der Waals surface area contributed by atoms with E-state index in [-0.39, 0.29) is 23.7 Å². The van der Waals surface area contributed by atoms with E-state index in [4.69, 9.17) is 31.5 Å². The zero-order chi connectivity index (χ0) is 30.9. The van der Waals surface area contributed by atoms with E-state index >= 15 is 0 Å². The quantitative estimate of drug-likeness (QED) is 0.166. The molecule has 0 fully saturated rings. The van der Waals surface area contributed by atoms with Crippen LogP contribution in [0, 0.1) is 23.7 Å². The summed E-state index contributed by atoms with van der Waals surface area (Å²) in [5.41, 5.74) is 5.98. The van der Waals surface area contributed by atoms with Crippen LogP contribution in [0.15, 0.2) is 59.0 Å². The van der Waals surface area contributed by atoms with Gasteiger partial charge in [0.1, 0.15) is 18.2 Å². The fourth-order valence-electron chi connectivity index (χ4n) is 3.71. The summed E-state index contributed by atoms with van der Waals surface area (Å²) in [4.78, 5) is 48.0. The number of ether oxygens (including phenoxy) is 3. The number of methoxy groups -OCH3 is 1. The van der Waals surface area contributed by atoms with Crippen LogP contribution in [0.5, 0.6) is 0 Å². The molecule has 1 heterocycles. The molecule has 0 bridgehead atoms. The van der Waals surface area contributed by atoms with Crippen LogP contribution >= 0.6 is 11.6 Å². The van der Waals surface area contributed by atoms with Crippen molar-refractivity contribution >= 4 is 35.5 Å². The highest BCUT2D eigenvalue weighted by Gasteiger charge is 2.27. The Kier molecular flexibility index (Phi) is 15.7. The zero-order valence-corrected chi connectivity index (χ0v) is 25.1. The molecular formula is C30H40ClN3O7. The highest BCUT2D eigenvalue weighted by molar-refractivity contribution is 6.29. The lowest BCUT2D eigenvalue weighted by molar-refractivity contribution is -0.151. The summed E-state index contributed by atoms with van der Waals surface area (Å²) in [7, 11) is 1.43. The first-order valence-electron chi connectivity index (χ1n) is 13.2. The van der Waals surface area contributed by atoms with Crippen molar-refractivity contribution in [2.45, 2.75) is 72.1 Å². The number of halogens is 1. The Balaban J connectivity index is 2.65. The molecule has 1 aliphatic heterocycles. The third-order valence-corrected chi connectivity index (χ3v) is 6.02. The number of carbonyl (C=O) groups excluding carboxylic acids is 4. The van der Waals surface area contributed by atoms with Gasteiger partial charge >= 0.3 is 12.1 Å². The molecule has 4 unspecified atom stereocenters. The van der Waals surface area contributed by atoms with Gasteiger partial charge in [-0.3, -0.25) is 9.59 Å². The topological polar surface area (TPSA) is 146 Å². The molecule has 11 heteroatoms. The molecule has 4 N–H and O–H groups in total. The Morgan fingerprint density at radius 3 is 2.54 bits per heavy atom. The second-order valence-corrected chi connectivity index (χ2v) is 10.3. The molecule has 0 saturated heterocycles. The van der Waals surface area contributed by atoms with E-state index in [9.17, 15) is 19.2 Å². The molecule has 4 atom stereocenters. The fraction of sp³-hybridized carbons (Fsp3) is 0.467. The van der Waals surface area contributed by atoms with E-state index < -0.39 is 36.0 Å². The van der Waals surface area contributed by atoms with Gasteiger partial charge < -0.3 is 30.6 Å². The van der Waals surface area contributed by atoms with Crippen LogP contribution in [0.25, 0.3) is 0 Å². The monoisotopic (exact) mass is 589 g/mol. The lowest BCUT2D eigenvalue weighted by atomic mass is 9.97. The fourth-order valence-corrected chi connectivity index (χ4v) is 3.80. The number of nitrogens with one attached hydrogen (secondary N) is 2. The van der Waals surface area contributed by atoms with Gasteiger partial charge in [0.25, 0.3) is 5.91 Å². The summed E-state index contributed by atoms with van der Waals surface area (Å²) in [6.45, 7) is 9.11. The Morgan fingerprint density at radius 2 is 1.95 bits per heavy atom. The number of cyclic esters (lactones) is 1. The SMILES string of the molecule is COC1=CCC(C(C)C=C(C)C=CC#CC(=O)NC(C(=O)NC=CCC(CC=C(C)Cl)OC(N)=O)C(C)C)OC1=O. The van der Waals surface area contributed by atoms with E-state index in [0.29, 0.717) is 24.3 Å². The van der Waals surface area contributed by atoms with Crippen molar-refractivity contribution in [3.05, 3.63) is 59.0 Å². The third-order valence-electron chi connectivity index (χ3n) is 5.87. The van der Waals surface area contributed by atoms with Gasteiger partial charge in [0.2, 0.25) is 5.91 Å². The van der Waals surface area contributed by atoms with Crippen LogP contribution in [0.3, 0.4) is 0 Å². The van der Waals surface area contributed by atoms with Crippen molar-refractivity contribution < 1.29 is 33.4 Å². The van der Waals surface area contributed by atoms with Gasteiger partial charge in [-0.05, 0) is 44.0 Å². The molecule has 0 aromatic rings. The first kappa shape index (κ1) is 35.1. The van der Waals surface area contributed by atoms with Gasteiger partial charge in [0.05, 0.1) is 7.11 Å². The van der Waals surface area contributed by atoms with Crippen molar-refractivity contribution in [2.75, 3.05) is 7.11 Å². The third kappa shape index (κ3) is 14.3. The molecule has 0 aromatic heterocycles. The zero-order valence-electron chi connectivity index (χ0n) is 24.4. The normalized spacial score (nSPS) is 18.1. The number of carbonyl (C=O) groups is 4. The van der Waals surface area contributed by atoms with E-state index in [0.717, 1.165) is 5.57 Å². The first-order valence-corrected chi connectivity index (χ1v) is 13.6. The number of hydrogen-bond acceptors (Lipinski definition) is 7. The summed E-state index contributed by atoms with van der Waals surface area (Å²) in [6, 6.07) is -0.821. The maximum Gasteiger partial charge on any atom is 0.404 e. The summed E-state index contributed by atoms with van der Waals surface area (Å²) < 4.78 is 15.4. The van der Waals surface area contributed by atoms with Gasteiger partial charge in [0, 0.05) is 30.2 Å². The van der Waals surface area contributed by atoms with E-state index in [1.165, 1.54) is 19.4 Å². The Morgan fingerprint density at radius 1 is 1.24 bits per heavy atom. The average Bonchev–Trinajstić information content (AvgIpc) is 2.89. The molecule has 0 saturated carbocycles. The smallest absolute Gasteiger partial charge is 0.404 e. The number of hydrogen-bond donors (Lipinski definition) is 3. The summed E-state index contributed by atoms with van der Waals surface area (Å²) in [5, 5.41) is 5.80.